The summed E-state index contributed by atoms with van der Waals surface area (Å²) in [6.07, 6.45) is 1.11. The van der Waals surface area contributed by atoms with E-state index in [-0.39, 0.29) is 10.9 Å². The zero-order valence-electron chi connectivity index (χ0n) is 17.3. The van der Waals surface area contributed by atoms with E-state index < -0.39 is 29.4 Å². The summed E-state index contributed by atoms with van der Waals surface area (Å²) in [6.45, 7) is 1.59. The number of benzene rings is 1. The lowest BCUT2D eigenvalue weighted by Crippen LogP contribution is -2.37. The van der Waals surface area contributed by atoms with Crippen LogP contribution >= 0.6 is 0 Å². The van der Waals surface area contributed by atoms with Gasteiger partial charge in [-0.2, -0.15) is 5.26 Å². The van der Waals surface area contributed by atoms with Crippen LogP contribution in [0, 0.1) is 11.3 Å². The van der Waals surface area contributed by atoms with E-state index in [0.717, 1.165) is 17.1 Å². The topological polar surface area (TPSA) is 97.0 Å². The molecule has 7 nitrogen and oxygen atoms in total. The fourth-order valence-corrected chi connectivity index (χ4v) is 4.53. The van der Waals surface area contributed by atoms with E-state index in [1.165, 1.54) is 12.1 Å². The summed E-state index contributed by atoms with van der Waals surface area (Å²) < 4.78 is 59.4. The van der Waals surface area contributed by atoms with Gasteiger partial charge in [0, 0.05) is 23.7 Å². The lowest BCUT2D eigenvalue weighted by Gasteiger charge is -2.15. The van der Waals surface area contributed by atoms with Crippen molar-refractivity contribution in [2.45, 2.75) is 30.8 Å². The monoisotopic (exact) mass is 448 g/mol. The summed E-state index contributed by atoms with van der Waals surface area (Å²) in [6, 6.07) is 8.89. The van der Waals surface area contributed by atoms with Crippen LogP contribution in [0.4, 0.5) is 8.78 Å². The Morgan fingerprint density at radius 1 is 1.23 bits per heavy atom. The molecule has 0 aliphatic rings. The van der Waals surface area contributed by atoms with Crippen molar-refractivity contribution in [3.05, 3.63) is 42.1 Å². The predicted molar refractivity (Wildman–Crippen MR) is 113 cm³/mol. The number of sulfonamides is 1. The molecule has 164 valence electrons. The fourth-order valence-electron chi connectivity index (χ4n) is 3.39. The summed E-state index contributed by atoms with van der Waals surface area (Å²) in [5.74, 6) is 0.638. The van der Waals surface area contributed by atoms with Gasteiger partial charge in [0.15, 0.2) is 0 Å². The Morgan fingerprint density at radius 3 is 2.45 bits per heavy atom. The molecular weight excluding hydrogens is 426 g/mol. The Bertz CT molecular complexity index is 1230. The Morgan fingerprint density at radius 2 is 1.94 bits per heavy atom. The lowest BCUT2D eigenvalue weighted by atomic mass is 10.1. The Balaban J connectivity index is 2.14. The van der Waals surface area contributed by atoms with Gasteiger partial charge in [0.2, 0.25) is 10.0 Å². The van der Waals surface area contributed by atoms with E-state index in [2.05, 4.69) is 11.1 Å². The van der Waals surface area contributed by atoms with Crippen LogP contribution in [0.3, 0.4) is 0 Å². The predicted octanol–water partition coefficient (Wildman–Crippen LogP) is 3.75. The molecule has 0 spiro atoms. The number of ether oxygens (including phenoxy) is 1. The van der Waals surface area contributed by atoms with Crippen molar-refractivity contribution in [1.29, 1.82) is 5.26 Å². The van der Waals surface area contributed by atoms with Gasteiger partial charge in [0.05, 0.1) is 35.6 Å². The van der Waals surface area contributed by atoms with Crippen molar-refractivity contribution in [3.8, 4) is 23.2 Å². The van der Waals surface area contributed by atoms with Crippen molar-refractivity contribution in [2.24, 2.45) is 0 Å². The third kappa shape index (κ3) is 4.24. The molecule has 0 saturated carbocycles. The molecule has 0 radical (unpaired) electrons. The normalized spacial score (nSPS) is 11.9. The number of methoxy groups -OCH3 is 1. The quantitative estimate of drug-likeness (QED) is 0.566. The Kier molecular flexibility index (Phi) is 6.57. The molecule has 0 unspecified atom stereocenters. The molecule has 10 heteroatoms. The third-order valence-electron chi connectivity index (χ3n) is 4.82. The van der Waals surface area contributed by atoms with Crippen LogP contribution in [0.25, 0.3) is 22.3 Å². The van der Waals surface area contributed by atoms with E-state index in [0.29, 0.717) is 22.7 Å². The fraction of sp³-hybridized carbons (Fsp3) is 0.333. The third-order valence-corrected chi connectivity index (χ3v) is 6.33. The van der Waals surface area contributed by atoms with Crippen LogP contribution in [0.15, 0.2) is 41.4 Å². The summed E-state index contributed by atoms with van der Waals surface area (Å²) >= 11 is 0. The summed E-state index contributed by atoms with van der Waals surface area (Å²) in [5.41, 5.74) is 2.13. The average molecular weight is 448 g/mol. The highest BCUT2D eigenvalue weighted by Crippen LogP contribution is 2.37. The number of nitriles is 1. The highest BCUT2D eigenvalue weighted by atomic mass is 32.2. The maximum absolute atomic E-state index is 12.7. The van der Waals surface area contributed by atoms with Crippen molar-refractivity contribution < 1.29 is 21.9 Å². The maximum Gasteiger partial charge on any atom is 0.242 e. The number of hydrogen-bond donors (Lipinski definition) is 1. The first-order chi connectivity index (χ1) is 14.8. The van der Waals surface area contributed by atoms with Gasteiger partial charge >= 0.3 is 0 Å². The molecule has 0 amide bonds. The van der Waals surface area contributed by atoms with Gasteiger partial charge in [0.1, 0.15) is 30.1 Å². The number of halogens is 2. The van der Waals surface area contributed by atoms with Gasteiger partial charge < -0.3 is 9.30 Å². The minimum absolute atomic E-state index is 0.0338. The first kappa shape index (κ1) is 22.7. The number of fused-ring (bicyclic) bond motifs is 1. The molecule has 2 aromatic heterocycles. The van der Waals surface area contributed by atoms with Crippen LogP contribution in [0.5, 0.6) is 5.75 Å². The largest absolute Gasteiger partial charge is 0.497 e. The highest BCUT2D eigenvalue weighted by Gasteiger charge is 2.24. The summed E-state index contributed by atoms with van der Waals surface area (Å²) in [4.78, 5) is 4.03. The molecule has 0 aliphatic carbocycles. The van der Waals surface area contributed by atoms with Crippen molar-refractivity contribution >= 4 is 20.9 Å². The van der Waals surface area contributed by atoms with Crippen LogP contribution in [0.1, 0.15) is 25.5 Å². The number of aromatic nitrogens is 2. The molecule has 1 N–H and O–H groups in total. The number of rotatable bonds is 8. The molecular formula is C21H22F2N4O3S. The van der Waals surface area contributed by atoms with Crippen LogP contribution in [0.2, 0.25) is 0 Å². The second-order valence-corrected chi connectivity index (χ2v) is 8.90. The Hall–Kier alpha value is -3.03. The van der Waals surface area contributed by atoms with Gasteiger partial charge in [-0.15, -0.1) is 0 Å². The number of hydrogen-bond acceptors (Lipinski definition) is 5. The molecule has 3 rings (SSSR count). The van der Waals surface area contributed by atoms with Gasteiger partial charge in [-0.05, 0) is 38.1 Å². The molecule has 0 saturated heterocycles. The highest BCUT2D eigenvalue weighted by molar-refractivity contribution is 7.89. The SMILES string of the molecule is COc1ccc2c(C#N)c(-c3ccc(S(=O)(=O)NC(CF)CF)cn3)n(C(C)C)c2c1. The minimum Gasteiger partial charge on any atom is -0.497 e. The van der Waals surface area contributed by atoms with E-state index >= 15 is 0 Å². The standard InChI is InChI=1S/C21H22F2N4O3S/c1-13(2)27-20-8-15(30-3)4-6-17(20)18(11-24)21(27)19-7-5-16(12-25-19)31(28,29)26-14(9-22)10-23/h4-8,12-14,26H,9-10H2,1-3H3. The maximum atomic E-state index is 12.7. The van der Waals surface area contributed by atoms with Gasteiger partial charge in [-0.1, -0.05) is 0 Å². The molecule has 0 atom stereocenters. The van der Waals surface area contributed by atoms with E-state index in [1.54, 1.807) is 19.2 Å². The van der Waals surface area contributed by atoms with Crippen LogP contribution < -0.4 is 9.46 Å². The number of nitrogens with one attached hydrogen (secondary N) is 1. The summed E-state index contributed by atoms with van der Waals surface area (Å²) in [5, 5.41) is 10.6. The number of pyridine rings is 1. The van der Waals surface area contributed by atoms with Crippen molar-refractivity contribution in [3.63, 3.8) is 0 Å². The smallest absolute Gasteiger partial charge is 0.242 e. The molecule has 0 fully saturated rings. The van der Waals surface area contributed by atoms with Gasteiger partial charge in [-0.25, -0.2) is 21.9 Å². The first-order valence-corrected chi connectivity index (χ1v) is 11.0. The zero-order valence-corrected chi connectivity index (χ0v) is 18.1. The van der Waals surface area contributed by atoms with Crippen LogP contribution in [-0.2, 0) is 10.0 Å². The second-order valence-electron chi connectivity index (χ2n) is 7.19. The van der Waals surface area contributed by atoms with E-state index in [4.69, 9.17) is 4.74 Å². The number of nitrogens with zero attached hydrogens (tertiary/aromatic N) is 3. The number of alkyl halides is 2. The van der Waals surface area contributed by atoms with Gasteiger partial charge in [0.25, 0.3) is 0 Å². The molecule has 3 aromatic rings. The molecule has 0 bridgehead atoms. The zero-order chi connectivity index (χ0) is 22.8. The molecule has 0 aliphatic heterocycles. The van der Waals surface area contributed by atoms with E-state index in [1.807, 2.05) is 29.2 Å². The molecule has 2 heterocycles. The first-order valence-electron chi connectivity index (χ1n) is 9.50. The summed E-state index contributed by atoms with van der Waals surface area (Å²) in [7, 11) is -2.58. The van der Waals surface area contributed by atoms with E-state index in [9.17, 15) is 22.5 Å². The van der Waals surface area contributed by atoms with Crippen molar-refractivity contribution in [1.82, 2.24) is 14.3 Å². The molecule has 1 aromatic carbocycles. The second kappa shape index (κ2) is 8.99. The van der Waals surface area contributed by atoms with Crippen molar-refractivity contribution in [2.75, 3.05) is 20.5 Å². The minimum atomic E-state index is -4.14. The molecule has 31 heavy (non-hydrogen) atoms. The van der Waals surface area contributed by atoms with Crippen LogP contribution in [-0.4, -0.2) is 44.5 Å². The van der Waals surface area contributed by atoms with Gasteiger partial charge in [-0.3, -0.25) is 4.98 Å². The lowest BCUT2D eigenvalue weighted by molar-refractivity contribution is 0.334. The Labute approximate surface area is 179 Å². The average Bonchev–Trinajstić information content (AvgIpc) is 3.11.